The predicted octanol–water partition coefficient (Wildman–Crippen LogP) is 5.61. The van der Waals surface area contributed by atoms with Crippen molar-refractivity contribution in [2.45, 2.75) is 114 Å². The van der Waals surface area contributed by atoms with E-state index in [0.29, 0.717) is 35.4 Å². The Morgan fingerprint density at radius 3 is 2.47 bits per heavy atom. The fraction of sp³-hybridized carbons (Fsp3) is 0.556. The number of ether oxygens (including phenoxy) is 2. The zero-order valence-corrected chi connectivity index (χ0v) is 34.5. The smallest absolute Gasteiger partial charge is 0.255 e. The minimum atomic E-state index is -0.764. The van der Waals surface area contributed by atoms with Crippen LogP contribution in [-0.4, -0.2) is 117 Å². The first-order valence-corrected chi connectivity index (χ1v) is 21.9. The van der Waals surface area contributed by atoms with E-state index in [1.807, 2.05) is 18.2 Å². The second-order valence-electron chi connectivity index (χ2n) is 18.2. The predicted molar refractivity (Wildman–Crippen MR) is 223 cm³/mol. The highest BCUT2D eigenvalue weighted by molar-refractivity contribution is 6.05. The standard InChI is InChI=1S/C45H54FN9O5/c1-27-23-52(19-20-54(27)37-10-8-32-34(41(37)46)25-55(44(32)58)38-11-12-40(56)49-43(38)57)24-28-3-5-29(6-4-28)59-30-13-17-53(18-14-30)39-22-36(47-26-48-39)42-33-21-31(60-45(2)15-16-45)7-9-35(33)50-51-42/h7-10,21-22,26-30,38H,3-6,11-20,23-25H2,1-2H3,(H,50,51)(H,49,56,57)/t27-,28?,29?,38?/m0/s1. The van der Waals surface area contributed by atoms with Crippen LogP contribution in [0.4, 0.5) is 15.9 Å². The highest BCUT2D eigenvalue weighted by Crippen LogP contribution is 2.41. The molecule has 14 nitrogen and oxygen atoms in total. The molecule has 2 aliphatic carbocycles. The van der Waals surface area contributed by atoms with Gasteiger partial charge in [0.2, 0.25) is 11.8 Å². The Kier molecular flexibility index (Phi) is 10.2. The number of piperazine rings is 1. The third kappa shape index (κ3) is 7.70. The Morgan fingerprint density at radius 2 is 1.70 bits per heavy atom. The number of rotatable bonds is 10. The molecule has 2 atom stereocenters. The van der Waals surface area contributed by atoms with Crippen molar-refractivity contribution in [1.29, 1.82) is 0 Å². The molecule has 6 heterocycles. The van der Waals surface area contributed by atoms with Crippen molar-refractivity contribution >= 4 is 40.1 Å². The van der Waals surface area contributed by atoms with Crippen molar-refractivity contribution in [3.8, 4) is 17.1 Å². The van der Waals surface area contributed by atoms with Gasteiger partial charge in [0.15, 0.2) is 5.82 Å². The number of hydrogen-bond acceptors (Lipinski definition) is 11. The van der Waals surface area contributed by atoms with Crippen LogP contribution < -0.4 is 19.9 Å². The van der Waals surface area contributed by atoms with Gasteiger partial charge in [0.25, 0.3) is 5.91 Å². The molecule has 3 saturated heterocycles. The topological polar surface area (TPSA) is 149 Å². The van der Waals surface area contributed by atoms with Gasteiger partial charge in [0.1, 0.15) is 35.2 Å². The van der Waals surface area contributed by atoms with Crippen LogP contribution in [0.25, 0.3) is 22.3 Å². The Morgan fingerprint density at radius 1 is 0.900 bits per heavy atom. The van der Waals surface area contributed by atoms with Gasteiger partial charge in [-0.1, -0.05) is 0 Å². The lowest BCUT2D eigenvalue weighted by Gasteiger charge is -2.43. The van der Waals surface area contributed by atoms with Crippen molar-refractivity contribution < 1.29 is 28.2 Å². The second kappa shape index (κ2) is 15.7. The van der Waals surface area contributed by atoms with Gasteiger partial charge in [0, 0.05) is 74.3 Å². The molecule has 0 bridgehead atoms. The van der Waals surface area contributed by atoms with E-state index in [0.717, 1.165) is 118 Å². The number of piperidine rings is 2. The molecule has 2 aromatic heterocycles. The number of carbonyl (C=O) groups is 3. The van der Waals surface area contributed by atoms with Crippen LogP contribution in [0.5, 0.6) is 5.75 Å². The van der Waals surface area contributed by atoms with Gasteiger partial charge in [-0.2, -0.15) is 5.10 Å². The van der Waals surface area contributed by atoms with E-state index in [-0.39, 0.29) is 54.8 Å². The fourth-order valence-corrected chi connectivity index (χ4v) is 10.1. The first kappa shape index (κ1) is 39.0. The first-order valence-electron chi connectivity index (χ1n) is 21.9. The van der Waals surface area contributed by atoms with Crippen LogP contribution in [-0.2, 0) is 20.9 Å². The van der Waals surface area contributed by atoms with Gasteiger partial charge in [0.05, 0.1) is 35.7 Å². The van der Waals surface area contributed by atoms with Crippen molar-refractivity contribution in [3.63, 3.8) is 0 Å². The van der Waals surface area contributed by atoms with Gasteiger partial charge < -0.3 is 24.2 Å². The zero-order chi connectivity index (χ0) is 41.1. The number of nitrogens with one attached hydrogen (secondary N) is 2. The lowest BCUT2D eigenvalue weighted by atomic mass is 9.86. The van der Waals surface area contributed by atoms with Crippen LogP contribution in [0, 0.1) is 11.7 Å². The number of anilines is 2. The minimum absolute atomic E-state index is 0.0341. The van der Waals surface area contributed by atoms with Gasteiger partial charge >= 0.3 is 0 Å². The molecule has 2 N–H and O–H groups in total. The molecule has 4 aromatic rings. The van der Waals surface area contributed by atoms with E-state index in [1.165, 1.54) is 4.90 Å². The minimum Gasteiger partial charge on any atom is -0.488 e. The molecule has 5 fully saturated rings. The number of carbonyl (C=O) groups excluding carboxylic acids is 3. The summed E-state index contributed by atoms with van der Waals surface area (Å²) in [5.41, 5.74) is 3.65. The number of benzene rings is 2. The summed E-state index contributed by atoms with van der Waals surface area (Å²) in [6.45, 7) is 9.51. The lowest BCUT2D eigenvalue weighted by Crippen LogP contribution is -2.53. The van der Waals surface area contributed by atoms with E-state index in [9.17, 15) is 14.4 Å². The van der Waals surface area contributed by atoms with Gasteiger partial charge in [-0.15, -0.1) is 0 Å². The Labute approximate surface area is 349 Å². The molecule has 0 radical (unpaired) electrons. The number of imide groups is 1. The first-order chi connectivity index (χ1) is 29.1. The highest BCUT2D eigenvalue weighted by Gasteiger charge is 2.42. The molecule has 1 unspecified atom stereocenters. The molecule has 60 heavy (non-hydrogen) atoms. The van der Waals surface area contributed by atoms with Crippen LogP contribution in [0.15, 0.2) is 42.7 Å². The second-order valence-corrected chi connectivity index (χ2v) is 18.2. The highest BCUT2D eigenvalue weighted by atomic mass is 19.1. The molecule has 10 rings (SSSR count). The van der Waals surface area contributed by atoms with Crippen LogP contribution >= 0.6 is 0 Å². The summed E-state index contributed by atoms with van der Waals surface area (Å²) < 4.78 is 29.1. The SMILES string of the molecule is C[C@H]1CN(CC2CCC(OC3CCN(c4cc(-c5n[nH]c6ccc(OC7(C)CC7)cc56)ncn4)CC3)CC2)CCN1c1ccc2c(c1F)CN(C1CCC(=O)NC1=O)C2=O. The van der Waals surface area contributed by atoms with Crippen LogP contribution in [0.1, 0.15) is 94.0 Å². The normalized spacial score (nSPS) is 26.1. The van der Waals surface area contributed by atoms with E-state index in [2.05, 4.69) is 60.1 Å². The molecule has 6 aliphatic rings. The van der Waals surface area contributed by atoms with Crippen LogP contribution in [0.3, 0.4) is 0 Å². The van der Waals surface area contributed by atoms with Gasteiger partial charge in [-0.3, -0.25) is 29.7 Å². The molecule has 316 valence electrons. The van der Waals surface area contributed by atoms with E-state index in [4.69, 9.17) is 9.47 Å². The zero-order valence-electron chi connectivity index (χ0n) is 34.5. The Bertz CT molecular complexity index is 2300. The summed E-state index contributed by atoms with van der Waals surface area (Å²) >= 11 is 0. The number of nitrogens with zero attached hydrogens (tertiary/aromatic N) is 7. The molecular formula is C45H54FN9O5. The summed E-state index contributed by atoms with van der Waals surface area (Å²) in [7, 11) is 0. The molecule has 2 aromatic carbocycles. The quantitative estimate of drug-likeness (QED) is 0.193. The van der Waals surface area contributed by atoms with Crippen molar-refractivity contribution in [1.82, 2.24) is 35.3 Å². The summed E-state index contributed by atoms with van der Waals surface area (Å²) in [6.07, 6.45) is 11.1. The number of H-pyrrole nitrogens is 1. The monoisotopic (exact) mass is 819 g/mol. The van der Waals surface area contributed by atoms with Crippen LogP contribution in [0.2, 0.25) is 0 Å². The maximum atomic E-state index is 16.1. The number of halogens is 1. The number of hydrogen-bond donors (Lipinski definition) is 2. The molecule has 4 aliphatic heterocycles. The molecule has 0 spiro atoms. The molecule has 15 heteroatoms. The van der Waals surface area contributed by atoms with Crippen molar-refractivity contribution in [3.05, 3.63) is 59.7 Å². The average Bonchev–Trinajstić information content (AvgIpc) is 3.66. The maximum absolute atomic E-state index is 16.1. The molecule has 3 amide bonds. The lowest BCUT2D eigenvalue weighted by molar-refractivity contribution is -0.136. The van der Waals surface area contributed by atoms with E-state index in [1.54, 1.807) is 18.5 Å². The van der Waals surface area contributed by atoms with E-state index < -0.39 is 11.9 Å². The van der Waals surface area contributed by atoms with Gasteiger partial charge in [-0.05, 0) is 108 Å². The van der Waals surface area contributed by atoms with E-state index >= 15 is 4.39 Å². The average molecular weight is 820 g/mol. The number of amides is 3. The number of aromatic amines is 1. The number of aromatic nitrogens is 4. The summed E-state index contributed by atoms with van der Waals surface area (Å²) in [5.74, 6) is 0.812. The third-order valence-electron chi connectivity index (χ3n) is 13.9. The fourth-order valence-electron chi connectivity index (χ4n) is 10.1. The summed E-state index contributed by atoms with van der Waals surface area (Å²) in [4.78, 5) is 55.0. The summed E-state index contributed by atoms with van der Waals surface area (Å²) in [5, 5.41) is 11.1. The summed E-state index contributed by atoms with van der Waals surface area (Å²) in [6, 6.07) is 10.9. The Hall–Kier alpha value is -5.15. The third-order valence-corrected chi connectivity index (χ3v) is 13.9. The molecule has 2 saturated carbocycles. The largest absolute Gasteiger partial charge is 0.488 e. The molecular weight excluding hydrogens is 766 g/mol. The van der Waals surface area contributed by atoms with Crippen molar-refractivity contribution in [2.24, 2.45) is 5.92 Å². The van der Waals surface area contributed by atoms with Gasteiger partial charge in [-0.25, -0.2) is 14.4 Å². The van der Waals surface area contributed by atoms with Crippen molar-refractivity contribution in [2.75, 3.05) is 49.1 Å². The Balaban J connectivity index is 0.678. The number of fused-ring (bicyclic) bond motifs is 2. The maximum Gasteiger partial charge on any atom is 0.255 e.